The molecule has 0 saturated heterocycles. The molecule has 38 heavy (non-hydrogen) atoms. The number of hydrogen-bond acceptors (Lipinski definition) is 9. The number of aromatic nitrogens is 1. The number of anilines is 1. The minimum Gasteiger partial charge on any atom is -0.496 e. The van der Waals surface area contributed by atoms with Gasteiger partial charge in [-0.3, -0.25) is 9.36 Å². The Morgan fingerprint density at radius 1 is 1.05 bits per heavy atom. The van der Waals surface area contributed by atoms with Gasteiger partial charge in [-0.2, -0.15) is 0 Å². The van der Waals surface area contributed by atoms with E-state index in [0.717, 1.165) is 11.3 Å². The van der Waals surface area contributed by atoms with Crippen molar-refractivity contribution in [2.45, 2.75) is 19.9 Å². The fourth-order valence-electron chi connectivity index (χ4n) is 4.37. The van der Waals surface area contributed by atoms with E-state index in [0.29, 0.717) is 43.4 Å². The highest BCUT2D eigenvalue weighted by molar-refractivity contribution is 7.07. The molecule has 2 heterocycles. The summed E-state index contributed by atoms with van der Waals surface area (Å²) in [7, 11) is 8.54. The van der Waals surface area contributed by atoms with Gasteiger partial charge in [-0.1, -0.05) is 23.5 Å². The SMILES string of the molecule is CCOC(=O)C1=C(C)N=c2sc(=Cc3cc(OC)c(OC)cc3OC)c(=O)n2[C@@H]1c1ccc(N(C)C)cc1. The maximum absolute atomic E-state index is 13.9. The van der Waals surface area contributed by atoms with Crippen LogP contribution >= 0.6 is 11.3 Å². The predicted octanol–water partition coefficient (Wildman–Crippen LogP) is 2.89. The average Bonchev–Trinajstić information content (AvgIpc) is 3.21. The lowest BCUT2D eigenvalue weighted by Crippen LogP contribution is -2.40. The van der Waals surface area contributed by atoms with E-state index in [4.69, 9.17) is 18.9 Å². The van der Waals surface area contributed by atoms with Crippen molar-refractivity contribution in [3.8, 4) is 17.2 Å². The van der Waals surface area contributed by atoms with Crippen LogP contribution in [0.15, 0.2) is 57.5 Å². The summed E-state index contributed by atoms with van der Waals surface area (Å²) >= 11 is 1.24. The van der Waals surface area contributed by atoms with E-state index in [9.17, 15) is 9.59 Å². The Labute approximate surface area is 224 Å². The van der Waals surface area contributed by atoms with Crippen LogP contribution in [-0.2, 0) is 9.53 Å². The van der Waals surface area contributed by atoms with Gasteiger partial charge in [0.15, 0.2) is 16.3 Å². The number of hydrogen-bond donors (Lipinski definition) is 0. The molecule has 10 heteroatoms. The third-order valence-corrected chi connectivity index (χ3v) is 7.25. The quantitative estimate of drug-likeness (QED) is 0.408. The van der Waals surface area contributed by atoms with Gasteiger partial charge < -0.3 is 23.8 Å². The van der Waals surface area contributed by atoms with E-state index in [1.165, 1.54) is 11.3 Å². The first-order chi connectivity index (χ1) is 18.2. The van der Waals surface area contributed by atoms with Crippen molar-refractivity contribution < 1.29 is 23.7 Å². The van der Waals surface area contributed by atoms with Crippen LogP contribution in [0, 0.1) is 0 Å². The summed E-state index contributed by atoms with van der Waals surface area (Å²) < 4.78 is 23.7. The molecule has 1 aliphatic rings. The molecule has 200 valence electrons. The molecule has 0 fully saturated rings. The number of nitrogens with zero attached hydrogens (tertiary/aromatic N) is 3. The average molecular weight is 538 g/mol. The summed E-state index contributed by atoms with van der Waals surface area (Å²) in [6.45, 7) is 3.73. The van der Waals surface area contributed by atoms with Gasteiger partial charge in [0.25, 0.3) is 5.56 Å². The molecule has 0 bridgehead atoms. The van der Waals surface area contributed by atoms with Gasteiger partial charge in [0.1, 0.15) is 5.75 Å². The van der Waals surface area contributed by atoms with Crippen LogP contribution in [0.4, 0.5) is 5.69 Å². The second-order valence-corrected chi connectivity index (χ2v) is 9.75. The summed E-state index contributed by atoms with van der Waals surface area (Å²) in [4.78, 5) is 34.1. The van der Waals surface area contributed by atoms with Gasteiger partial charge in [0, 0.05) is 31.4 Å². The van der Waals surface area contributed by atoms with Crippen LogP contribution in [0.25, 0.3) is 6.08 Å². The molecule has 3 aromatic rings. The van der Waals surface area contributed by atoms with Crippen molar-refractivity contribution in [1.82, 2.24) is 4.57 Å². The van der Waals surface area contributed by atoms with Gasteiger partial charge in [0.2, 0.25) is 0 Å². The van der Waals surface area contributed by atoms with Gasteiger partial charge >= 0.3 is 5.97 Å². The van der Waals surface area contributed by atoms with Crippen LogP contribution in [0.1, 0.15) is 31.0 Å². The Morgan fingerprint density at radius 2 is 1.68 bits per heavy atom. The number of esters is 1. The molecule has 0 aliphatic carbocycles. The first-order valence-corrected chi connectivity index (χ1v) is 12.8. The van der Waals surface area contributed by atoms with Crippen molar-refractivity contribution in [3.63, 3.8) is 0 Å². The lowest BCUT2D eigenvalue weighted by molar-refractivity contribution is -0.139. The summed E-state index contributed by atoms with van der Waals surface area (Å²) in [5.41, 5.74) is 3.00. The standard InChI is InChI=1S/C28H31N3O6S/c1-8-37-27(33)24-16(2)29-28-31(25(24)17-9-11-19(12-10-17)30(3)4)26(32)23(38-28)14-18-13-21(35-6)22(36-7)15-20(18)34-5/h9-15,25H,8H2,1-7H3/t25-/m1/s1. The lowest BCUT2D eigenvalue weighted by atomic mass is 9.95. The Hall–Kier alpha value is -4.05. The van der Waals surface area contributed by atoms with Crippen LogP contribution in [0.3, 0.4) is 0 Å². The van der Waals surface area contributed by atoms with Gasteiger partial charge in [-0.05, 0) is 43.7 Å². The van der Waals surface area contributed by atoms with Gasteiger partial charge in [-0.15, -0.1) is 0 Å². The van der Waals surface area contributed by atoms with Gasteiger partial charge in [0.05, 0.1) is 49.8 Å². The maximum Gasteiger partial charge on any atom is 0.338 e. The first-order valence-electron chi connectivity index (χ1n) is 12.0. The Balaban J connectivity index is 1.95. The monoisotopic (exact) mass is 537 g/mol. The topological polar surface area (TPSA) is 91.6 Å². The molecular weight excluding hydrogens is 506 g/mol. The minimum absolute atomic E-state index is 0.214. The van der Waals surface area contributed by atoms with Crippen LogP contribution in [0.5, 0.6) is 17.2 Å². The number of carbonyl (C=O) groups is 1. The summed E-state index contributed by atoms with van der Waals surface area (Å²) in [5.74, 6) is 1.05. The van der Waals surface area contributed by atoms with E-state index >= 15 is 0 Å². The van der Waals surface area contributed by atoms with E-state index in [1.54, 1.807) is 58.0 Å². The van der Waals surface area contributed by atoms with E-state index < -0.39 is 12.0 Å². The number of carbonyl (C=O) groups excluding carboxylic acids is 1. The van der Waals surface area contributed by atoms with Crippen molar-refractivity contribution in [3.05, 3.63) is 78.5 Å². The number of allylic oxidation sites excluding steroid dienone is 1. The largest absolute Gasteiger partial charge is 0.496 e. The predicted molar refractivity (Wildman–Crippen MR) is 147 cm³/mol. The highest BCUT2D eigenvalue weighted by Gasteiger charge is 2.33. The van der Waals surface area contributed by atoms with Crippen molar-refractivity contribution in [2.24, 2.45) is 4.99 Å². The molecule has 9 nitrogen and oxygen atoms in total. The van der Waals surface area contributed by atoms with Crippen molar-refractivity contribution >= 4 is 29.1 Å². The van der Waals surface area contributed by atoms with Crippen molar-refractivity contribution in [2.75, 3.05) is 46.9 Å². The molecule has 0 spiro atoms. The third-order valence-electron chi connectivity index (χ3n) is 6.26. The molecule has 2 aromatic carbocycles. The Kier molecular flexibility index (Phi) is 7.91. The third kappa shape index (κ3) is 4.91. The smallest absolute Gasteiger partial charge is 0.338 e. The molecule has 0 unspecified atom stereocenters. The van der Waals surface area contributed by atoms with Crippen LogP contribution in [0.2, 0.25) is 0 Å². The lowest BCUT2D eigenvalue weighted by Gasteiger charge is -2.25. The molecular formula is C28H31N3O6S. The van der Waals surface area contributed by atoms with E-state index in [-0.39, 0.29) is 12.2 Å². The number of rotatable bonds is 8. The highest BCUT2D eigenvalue weighted by Crippen LogP contribution is 2.35. The molecule has 1 aliphatic heterocycles. The molecule has 0 N–H and O–H groups in total. The minimum atomic E-state index is -0.684. The molecule has 0 amide bonds. The number of benzene rings is 2. The van der Waals surface area contributed by atoms with Crippen LogP contribution < -0.4 is 34.0 Å². The molecule has 4 rings (SSSR count). The normalized spacial score (nSPS) is 15.0. The van der Waals surface area contributed by atoms with E-state index in [2.05, 4.69) is 4.99 Å². The van der Waals surface area contributed by atoms with E-state index in [1.807, 2.05) is 43.3 Å². The maximum atomic E-state index is 13.9. The Morgan fingerprint density at radius 3 is 2.26 bits per heavy atom. The fourth-order valence-corrected chi connectivity index (χ4v) is 5.41. The zero-order valence-corrected chi connectivity index (χ0v) is 23.3. The summed E-state index contributed by atoms with van der Waals surface area (Å²) in [6.07, 6.45) is 1.74. The molecule has 0 radical (unpaired) electrons. The van der Waals surface area contributed by atoms with Crippen LogP contribution in [-0.4, -0.2) is 52.6 Å². The molecule has 1 aromatic heterocycles. The fraction of sp³-hybridized carbons (Fsp3) is 0.321. The zero-order valence-electron chi connectivity index (χ0n) is 22.5. The van der Waals surface area contributed by atoms with Gasteiger partial charge in [-0.25, -0.2) is 9.79 Å². The molecule has 1 atom stereocenters. The number of ether oxygens (including phenoxy) is 4. The second kappa shape index (κ2) is 11.1. The highest BCUT2D eigenvalue weighted by atomic mass is 32.1. The van der Waals surface area contributed by atoms with Crippen molar-refractivity contribution in [1.29, 1.82) is 0 Å². The number of thiazole rings is 1. The molecule has 0 saturated carbocycles. The summed E-state index contributed by atoms with van der Waals surface area (Å²) in [6, 6.07) is 10.5. The number of methoxy groups -OCH3 is 3. The zero-order chi connectivity index (χ0) is 27.6. The number of fused-ring (bicyclic) bond motifs is 1. The second-order valence-electron chi connectivity index (χ2n) is 8.74. The summed E-state index contributed by atoms with van der Waals surface area (Å²) in [5, 5.41) is 0. The Bertz CT molecular complexity index is 1570. The first kappa shape index (κ1) is 27.0.